The number of aryl methyl sites for hydroxylation is 1. The maximum absolute atomic E-state index is 13.1. The Labute approximate surface area is 114 Å². The van der Waals surface area contributed by atoms with E-state index in [1.807, 2.05) is 19.9 Å². The van der Waals surface area contributed by atoms with Crippen LogP contribution in [0, 0.1) is 12.7 Å². The summed E-state index contributed by atoms with van der Waals surface area (Å²) in [5.74, 6) is -0.109. The Morgan fingerprint density at radius 2 is 2.11 bits per heavy atom. The normalized spacial score (nSPS) is 10.8. The molecule has 0 saturated carbocycles. The minimum Gasteiger partial charge on any atom is -0.344 e. The molecule has 3 nitrogen and oxygen atoms in total. The molecule has 0 aliphatic rings. The minimum absolute atomic E-state index is 0.0764. The molecule has 0 spiro atoms. The van der Waals surface area contributed by atoms with E-state index in [0.29, 0.717) is 24.7 Å². The molecule has 1 aromatic rings. The lowest BCUT2D eigenvalue weighted by Crippen LogP contribution is -2.38. The molecular weight excluding hydrogens is 243 g/mol. The van der Waals surface area contributed by atoms with Crippen molar-refractivity contribution in [3.05, 3.63) is 35.1 Å². The lowest BCUT2D eigenvalue weighted by atomic mass is 10.1. The highest BCUT2D eigenvalue weighted by Crippen LogP contribution is 2.10. The second-order valence-corrected chi connectivity index (χ2v) is 5.18. The first-order valence-electron chi connectivity index (χ1n) is 6.62. The number of halogens is 1. The van der Waals surface area contributed by atoms with Crippen LogP contribution in [0.15, 0.2) is 18.2 Å². The third kappa shape index (κ3) is 5.39. The monoisotopic (exact) mass is 266 g/mol. The van der Waals surface area contributed by atoms with Crippen LogP contribution in [0.5, 0.6) is 0 Å². The number of amides is 1. The fraction of sp³-hybridized carbons (Fsp3) is 0.533. The van der Waals surface area contributed by atoms with Crippen molar-refractivity contribution in [3.63, 3.8) is 0 Å². The summed E-state index contributed by atoms with van der Waals surface area (Å²) in [5.41, 5.74) is 1.70. The highest BCUT2D eigenvalue weighted by Gasteiger charge is 2.09. The van der Waals surface area contributed by atoms with E-state index in [1.54, 1.807) is 24.9 Å². The molecule has 1 amide bonds. The van der Waals surface area contributed by atoms with E-state index >= 15 is 0 Å². The molecule has 0 atom stereocenters. The van der Waals surface area contributed by atoms with Gasteiger partial charge in [-0.05, 0) is 30.5 Å². The lowest BCUT2D eigenvalue weighted by Gasteiger charge is -2.18. The number of benzene rings is 1. The van der Waals surface area contributed by atoms with Crippen LogP contribution in [-0.2, 0) is 11.2 Å². The SMILES string of the molecule is Cc1cc(CCN(C)C(=O)CNC(C)C)ccc1F. The zero-order chi connectivity index (χ0) is 14.4. The largest absolute Gasteiger partial charge is 0.344 e. The van der Waals surface area contributed by atoms with Crippen LogP contribution >= 0.6 is 0 Å². The highest BCUT2D eigenvalue weighted by atomic mass is 19.1. The van der Waals surface area contributed by atoms with E-state index < -0.39 is 0 Å². The van der Waals surface area contributed by atoms with E-state index in [0.717, 1.165) is 12.0 Å². The fourth-order valence-electron chi connectivity index (χ4n) is 1.71. The molecule has 1 N–H and O–H groups in total. The van der Waals surface area contributed by atoms with Gasteiger partial charge in [-0.2, -0.15) is 0 Å². The van der Waals surface area contributed by atoms with Crippen molar-refractivity contribution in [2.75, 3.05) is 20.1 Å². The van der Waals surface area contributed by atoms with Gasteiger partial charge >= 0.3 is 0 Å². The molecular formula is C15H23FN2O. The van der Waals surface area contributed by atoms with Crippen LogP contribution in [0.2, 0.25) is 0 Å². The molecule has 0 aromatic heterocycles. The summed E-state index contributed by atoms with van der Waals surface area (Å²) in [6.07, 6.45) is 0.741. The van der Waals surface area contributed by atoms with Crippen molar-refractivity contribution >= 4 is 5.91 Å². The Balaban J connectivity index is 2.42. The van der Waals surface area contributed by atoms with Crippen LogP contribution < -0.4 is 5.32 Å². The number of nitrogens with one attached hydrogen (secondary N) is 1. The maximum atomic E-state index is 13.1. The van der Waals surface area contributed by atoms with Gasteiger partial charge in [0.15, 0.2) is 0 Å². The van der Waals surface area contributed by atoms with Gasteiger partial charge in [-0.15, -0.1) is 0 Å². The van der Waals surface area contributed by atoms with Crippen molar-refractivity contribution in [2.24, 2.45) is 0 Å². The fourth-order valence-corrected chi connectivity index (χ4v) is 1.71. The number of likely N-dealkylation sites (N-methyl/N-ethyl adjacent to an activating group) is 1. The van der Waals surface area contributed by atoms with Gasteiger partial charge in [0.2, 0.25) is 5.91 Å². The van der Waals surface area contributed by atoms with Crippen molar-refractivity contribution < 1.29 is 9.18 Å². The number of nitrogens with zero attached hydrogens (tertiary/aromatic N) is 1. The molecule has 0 aliphatic carbocycles. The molecule has 0 radical (unpaired) electrons. The molecule has 106 valence electrons. The van der Waals surface area contributed by atoms with E-state index in [9.17, 15) is 9.18 Å². The second-order valence-electron chi connectivity index (χ2n) is 5.18. The Hall–Kier alpha value is -1.42. The Bertz CT molecular complexity index is 432. The summed E-state index contributed by atoms with van der Waals surface area (Å²) in [6.45, 7) is 6.77. The molecule has 0 fully saturated rings. The Morgan fingerprint density at radius 3 is 2.68 bits per heavy atom. The van der Waals surface area contributed by atoms with Gasteiger partial charge in [-0.3, -0.25) is 4.79 Å². The predicted molar refractivity (Wildman–Crippen MR) is 75.6 cm³/mol. The first-order valence-corrected chi connectivity index (χ1v) is 6.62. The molecule has 0 unspecified atom stereocenters. The van der Waals surface area contributed by atoms with Crippen LogP contribution in [0.1, 0.15) is 25.0 Å². The average Bonchev–Trinajstić information content (AvgIpc) is 2.36. The molecule has 0 saturated heterocycles. The van der Waals surface area contributed by atoms with Crippen molar-refractivity contribution in [1.82, 2.24) is 10.2 Å². The number of carbonyl (C=O) groups is 1. The quantitative estimate of drug-likeness (QED) is 0.855. The van der Waals surface area contributed by atoms with Gasteiger partial charge in [0.1, 0.15) is 5.82 Å². The van der Waals surface area contributed by atoms with Crippen LogP contribution in [0.25, 0.3) is 0 Å². The molecule has 0 heterocycles. The highest BCUT2D eigenvalue weighted by molar-refractivity contribution is 5.77. The van der Waals surface area contributed by atoms with Crippen molar-refractivity contribution in [3.8, 4) is 0 Å². The summed E-state index contributed by atoms with van der Waals surface area (Å²) in [7, 11) is 1.79. The Kier molecular flexibility index (Phi) is 5.96. The van der Waals surface area contributed by atoms with Crippen molar-refractivity contribution in [1.29, 1.82) is 0 Å². The molecule has 1 rings (SSSR count). The maximum Gasteiger partial charge on any atom is 0.236 e. The minimum atomic E-state index is -0.186. The third-order valence-corrected chi connectivity index (χ3v) is 3.05. The van der Waals surface area contributed by atoms with E-state index in [-0.39, 0.29) is 11.7 Å². The molecule has 1 aromatic carbocycles. The summed E-state index contributed by atoms with van der Waals surface area (Å²) in [6, 6.07) is 5.39. The average molecular weight is 266 g/mol. The van der Waals surface area contributed by atoms with Crippen LogP contribution in [-0.4, -0.2) is 37.0 Å². The van der Waals surface area contributed by atoms with E-state index in [4.69, 9.17) is 0 Å². The van der Waals surface area contributed by atoms with Crippen molar-refractivity contribution in [2.45, 2.75) is 33.2 Å². The molecule has 0 bridgehead atoms. The Morgan fingerprint density at radius 1 is 1.42 bits per heavy atom. The second kappa shape index (κ2) is 7.24. The zero-order valence-electron chi connectivity index (χ0n) is 12.2. The topological polar surface area (TPSA) is 32.3 Å². The zero-order valence-corrected chi connectivity index (χ0v) is 12.2. The van der Waals surface area contributed by atoms with Crippen LogP contribution in [0.3, 0.4) is 0 Å². The molecule has 0 aliphatic heterocycles. The smallest absolute Gasteiger partial charge is 0.236 e. The van der Waals surface area contributed by atoms with Crippen LogP contribution in [0.4, 0.5) is 4.39 Å². The van der Waals surface area contributed by atoms with Gasteiger partial charge in [-0.1, -0.05) is 26.0 Å². The standard InChI is InChI=1S/C15H23FN2O/c1-11(2)17-10-15(19)18(4)8-7-13-5-6-14(16)12(3)9-13/h5-6,9,11,17H,7-8,10H2,1-4H3. The summed E-state index contributed by atoms with van der Waals surface area (Å²) in [4.78, 5) is 13.5. The summed E-state index contributed by atoms with van der Waals surface area (Å²) in [5, 5.41) is 3.10. The van der Waals surface area contributed by atoms with Gasteiger partial charge in [0, 0.05) is 19.6 Å². The summed E-state index contributed by atoms with van der Waals surface area (Å²) < 4.78 is 13.1. The third-order valence-electron chi connectivity index (χ3n) is 3.05. The van der Waals surface area contributed by atoms with E-state index in [1.165, 1.54) is 6.07 Å². The first kappa shape index (κ1) is 15.6. The molecule has 4 heteroatoms. The number of hydrogen-bond donors (Lipinski definition) is 1. The number of hydrogen-bond acceptors (Lipinski definition) is 2. The number of rotatable bonds is 6. The lowest BCUT2D eigenvalue weighted by molar-refractivity contribution is -0.129. The van der Waals surface area contributed by atoms with Gasteiger partial charge in [0.05, 0.1) is 6.54 Å². The predicted octanol–water partition coefficient (Wildman–Crippen LogP) is 2.13. The first-order chi connectivity index (χ1) is 8.90. The van der Waals surface area contributed by atoms with E-state index in [2.05, 4.69) is 5.32 Å². The van der Waals surface area contributed by atoms with Gasteiger partial charge in [-0.25, -0.2) is 4.39 Å². The summed E-state index contributed by atoms with van der Waals surface area (Å²) >= 11 is 0. The number of carbonyl (C=O) groups excluding carboxylic acids is 1. The van der Waals surface area contributed by atoms with Gasteiger partial charge < -0.3 is 10.2 Å². The molecule has 19 heavy (non-hydrogen) atoms. The van der Waals surface area contributed by atoms with Gasteiger partial charge in [0.25, 0.3) is 0 Å².